The Kier molecular flexibility index (Phi) is 9.26. The first-order valence-corrected chi connectivity index (χ1v) is 12.2. The van der Waals surface area contributed by atoms with Crippen molar-refractivity contribution >= 4 is 35.2 Å². The van der Waals surface area contributed by atoms with E-state index < -0.39 is 59.8 Å². The van der Waals surface area contributed by atoms with Crippen LogP contribution < -0.4 is 15.4 Å². The van der Waals surface area contributed by atoms with Gasteiger partial charge in [-0.05, 0) is 51.8 Å². The molecule has 212 valence electrons. The van der Waals surface area contributed by atoms with Gasteiger partial charge >= 0.3 is 12.3 Å². The third kappa shape index (κ3) is 8.70. The number of anilines is 1. The topological polar surface area (TPSA) is 110 Å². The van der Waals surface area contributed by atoms with Gasteiger partial charge in [0.2, 0.25) is 5.91 Å². The number of ether oxygens (including phenoxy) is 2. The summed E-state index contributed by atoms with van der Waals surface area (Å²) in [6, 6.07) is 2.77. The van der Waals surface area contributed by atoms with Gasteiger partial charge in [0.05, 0.1) is 22.5 Å². The summed E-state index contributed by atoms with van der Waals surface area (Å²) in [5, 5.41) is 4.97. The molecule has 1 unspecified atom stereocenters. The van der Waals surface area contributed by atoms with Gasteiger partial charge in [-0.2, -0.15) is 13.2 Å². The molecule has 0 bridgehead atoms. The minimum atomic E-state index is -4.65. The molecule has 14 heteroatoms. The van der Waals surface area contributed by atoms with Crippen molar-refractivity contribution < 1.29 is 41.4 Å². The Labute approximate surface area is 226 Å². The maximum atomic E-state index is 13.6. The molecule has 0 aliphatic carbocycles. The van der Waals surface area contributed by atoms with Crippen molar-refractivity contribution in [2.45, 2.75) is 57.5 Å². The van der Waals surface area contributed by atoms with Gasteiger partial charge < -0.3 is 20.1 Å². The number of aromatic nitrogens is 1. The smallest absolute Gasteiger partial charge is 0.417 e. The Morgan fingerprint density at radius 1 is 1.13 bits per heavy atom. The fraction of sp³-hybridized carbons (Fsp3) is 0.440. The number of hydrogen-bond donors (Lipinski definition) is 2. The number of amides is 3. The van der Waals surface area contributed by atoms with Crippen LogP contribution in [-0.2, 0) is 20.5 Å². The van der Waals surface area contributed by atoms with Crippen molar-refractivity contribution in [3.8, 4) is 5.75 Å². The predicted octanol–water partition coefficient (Wildman–Crippen LogP) is 4.79. The molecule has 2 heterocycles. The quantitative estimate of drug-likeness (QED) is 0.480. The van der Waals surface area contributed by atoms with E-state index in [1.807, 2.05) is 0 Å². The van der Waals surface area contributed by atoms with Crippen LogP contribution in [0.4, 0.5) is 28.0 Å². The molecular weight excluding hydrogens is 548 g/mol. The van der Waals surface area contributed by atoms with Crippen LogP contribution >= 0.6 is 11.6 Å². The molecule has 1 aliphatic rings. The van der Waals surface area contributed by atoms with Gasteiger partial charge in [-0.15, -0.1) is 0 Å². The number of carbonyl (C=O) groups excluding carboxylic acids is 3. The zero-order valence-electron chi connectivity index (χ0n) is 21.3. The highest BCUT2D eigenvalue weighted by atomic mass is 35.5. The van der Waals surface area contributed by atoms with Gasteiger partial charge in [-0.1, -0.05) is 11.6 Å². The first kappa shape index (κ1) is 29.9. The molecule has 3 amide bonds. The number of benzene rings is 1. The summed E-state index contributed by atoms with van der Waals surface area (Å²) in [5.74, 6) is -1.91. The van der Waals surface area contributed by atoms with Crippen LogP contribution in [0.5, 0.6) is 5.75 Å². The molecule has 2 aromatic rings. The molecule has 2 N–H and O–H groups in total. The van der Waals surface area contributed by atoms with Crippen molar-refractivity contribution in [1.82, 2.24) is 15.2 Å². The van der Waals surface area contributed by atoms with Gasteiger partial charge in [-0.3, -0.25) is 19.5 Å². The zero-order chi connectivity index (χ0) is 29.0. The Morgan fingerprint density at radius 2 is 1.85 bits per heavy atom. The van der Waals surface area contributed by atoms with E-state index in [2.05, 4.69) is 15.6 Å². The second-order valence-electron chi connectivity index (χ2n) is 9.80. The summed E-state index contributed by atoms with van der Waals surface area (Å²) in [5.41, 5.74) is -2.13. The summed E-state index contributed by atoms with van der Waals surface area (Å²) >= 11 is 5.63. The number of piperidine rings is 1. The number of rotatable bonds is 6. The number of carbonyl (C=O) groups is 3. The Bertz CT molecular complexity index is 1220. The molecule has 0 saturated carbocycles. The molecule has 1 aromatic carbocycles. The van der Waals surface area contributed by atoms with E-state index in [1.165, 1.54) is 12.1 Å². The molecule has 1 aliphatic heterocycles. The molecule has 1 aromatic heterocycles. The van der Waals surface area contributed by atoms with E-state index in [0.717, 1.165) is 23.2 Å². The standard InChI is InChI=1S/C25H27ClF4N4O5/c1-24(2,3)39-23(37)34-12-15(32-21(35)13-38-17-5-6-18(26)19(27)9-17)4-7-20(34)22(36)33-16-8-14(10-31-11-16)25(28,29)30/h5-6,8-11,15,20H,4,7,12-13H2,1-3H3,(H,32,35)(H,33,36)/t15?,20-/m0/s1. The maximum Gasteiger partial charge on any atom is 0.417 e. The van der Waals surface area contributed by atoms with Crippen LogP contribution in [0.15, 0.2) is 36.7 Å². The number of halogens is 5. The SMILES string of the molecule is CC(C)(C)OC(=O)N1CC(NC(=O)COc2ccc(Cl)c(F)c2)CC[C@H]1C(=O)Nc1cncc(C(F)(F)F)c1. The molecule has 0 spiro atoms. The molecule has 1 fully saturated rings. The van der Waals surface area contributed by atoms with Gasteiger partial charge in [0, 0.05) is 24.8 Å². The third-order valence-corrected chi connectivity index (χ3v) is 5.78. The Hall–Kier alpha value is -3.61. The summed E-state index contributed by atoms with van der Waals surface area (Å²) in [6.07, 6.45) is -3.47. The second-order valence-corrected chi connectivity index (χ2v) is 10.2. The molecule has 2 atom stereocenters. The minimum Gasteiger partial charge on any atom is -0.484 e. The van der Waals surface area contributed by atoms with Crippen molar-refractivity contribution in [3.63, 3.8) is 0 Å². The zero-order valence-corrected chi connectivity index (χ0v) is 22.0. The first-order valence-electron chi connectivity index (χ1n) is 11.8. The van der Waals surface area contributed by atoms with Crippen molar-refractivity contribution in [2.24, 2.45) is 0 Å². The number of likely N-dealkylation sites (tertiary alicyclic amines) is 1. The molecule has 1 saturated heterocycles. The largest absolute Gasteiger partial charge is 0.484 e. The Morgan fingerprint density at radius 3 is 2.49 bits per heavy atom. The average Bonchev–Trinajstić information content (AvgIpc) is 2.83. The summed E-state index contributed by atoms with van der Waals surface area (Å²) in [4.78, 5) is 43.1. The molecule has 9 nitrogen and oxygen atoms in total. The van der Waals surface area contributed by atoms with Crippen LogP contribution in [0.3, 0.4) is 0 Å². The highest BCUT2D eigenvalue weighted by Gasteiger charge is 2.39. The summed E-state index contributed by atoms with van der Waals surface area (Å²) < 4.78 is 63.4. The molecule has 0 radical (unpaired) electrons. The fourth-order valence-corrected chi connectivity index (χ4v) is 3.87. The van der Waals surface area contributed by atoms with Crippen molar-refractivity contribution in [1.29, 1.82) is 0 Å². The maximum absolute atomic E-state index is 13.6. The van der Waals surface area contributed by atoms with Crippen LogP contribution in [0, 0.1) is 5.82 Å². The molecular formula is C25H27ClF4N4O5. The van der Waals surface area contributed by atoms with E-state index in [9.17, 15) is 31.9 Å². The summed E-state index contributed by atoms with van der Waals surface area (Å²) in [7, 11) is 0. The minimum absolute atomic E-state index is 0.0751. The van der Waals surface area contributed by atoms with E-state index in [0.29, 0.717) is 6.20 Å². The van der Waals surface area contributed by atoms with Gasteiger partial charge in [0.25, 0.3) is 5.91 Å². The second kappa shape index (κ2) is 12.1. The Balaban J connectivity index is 1.68. The monoisotopic (exact) mass is 574 g/mol. The van der Waals surface area contributed by atoms with Gasteiger partial charge in [0.1, 0.15) is 23.2 Å². The third-order valence-electron chi connectivity index (χ3n) is 5.47. The number of nitrogens with one attached hydrogen (secondary N) is 2. The number of hydrogen-bond acceptors (Lipinski definition) is 6. The average molecular weight is 575 g/mol. The number of alkyl halides is 3. The lowest BCUT2D eigenvalue weighted by Gasteiger charge is -2.39. The van der Waals surface area contributed by atoms with Crippen LogP contribution in [0.1, 0.15) is 39.2 Å². The normalized spacial score (nSPS) is 17.8. The van der Waals surface area contributed by atoms with Crippen LogP contribution in [-0.4, -0.2) is 58.6 Å². The molecule has 39 heavy (non-hydrogen) atoms. The van der Waals surface area contributed by atoms with Gasteiger partial charge in [0.15, 0.2) is 6.61 Å². The van der Waals surface area contributed by atoms with Crippen LogP contribution in [0.2, 0.25) is 5.02 Å². The lowest BCUT2D eigenvalue weighted by atomic mass is 9.97. The van der Waals surface area contributed by atoms with Crippen molar-refractivity contribution in [2.75, 3.05) is 18.5 Å². The van der Waals surface area contributed by atoms with E-state index in [4.69, 9.17) is 21.1 Å². The highest BCUT2D eigenvalue weighted by molar-refractivity contribution is 6.30. The predicted molar refractivity (Wildman–Crippen MR) is 133 cm³/mol. The lowest BCUT2D eigenvalue weighted by molar-refractivity contribution is -0.138. The van der Waals surface area contributed by atoms with Crippen LogP contribution in [0.25, 0.3) is 0 Å². The number of pyridine rings is 1. The van der Waals surface area contributed by atoms with E-state index >= 15 is 0 Å². The first-order chi connectivity index (χ1) is 18.1. The number of nitrogens with zero attached hydrogens (tertiary/aromatic N) is 2. The fourth-order valence-electron chi connectivity index (χ4n) is 3.76. The highest BCUT2D eigenvalue weighted by Crippen LogP contribution is 2.30. The summed E-state index contributed by atoms with van der Waals surface area (Å²) in [6.45, 7) is 4.34. The van der Waals surface area contributed by atoms with Crippen molar-refractivity contribution in [3.05, 3.63) is 53.1 Å². The van der Waals surface area contributed by atoms with E-state index in [-0.39, 0.29) is 35.8 Å². The lowest BCUT2D eigenvalue weighted by Crippen LogP contribution is -2.58. The van der Waals surface area contributed by atoms with E-state index in [1.54, 1.807) is 20.8 Å². The molecule has 3 rings (SSSR count). The van der Waals surface area contributed by atoms with Gasteiger partial charge in [-0.25, -0.2) is 9.18 Å².